The van der Waals surface area contributed by atoms with Gasteiger partial charge in [0.05, 0.1) is 36.6 Å². The van der Waals surface area contributed by atoms with Crippen molar-refractivity contribution in [3.63, 3.8) is 0 Å². The molecule has 0 aliphatic heterocycles. The van der Waals surface area contributed by atoms with Crippen LogP contribution in [0, 0.1) is 0 Å². The van der Waals surface area contributed by atoms with Gasteiger partial charge >= 0.3 is 0 Å². The number of aromatic nitrogens is 2. The first-order valence-corrected chi connectivity index (χ1v) is 5.97. The highest BCUT2D eigenvalue weighted by Gasteiger charge is 2.08. The molecule has 1 heterocycles. The quantitative estimate of drug-likeness (QED) is 0.776. The summed E-state index contributed by atoms with van der Waals surface area (Å²) in [5, 5.41) is 9.83. The van der Waals surface area contributed by atoms with Crippen molar-refractivity contribution in [3.8, 4) is 0 Å². The molecule has 2 rings (SSSR count). The molecular weight excluding hydrogens is 216 g/mol. The van der Waals surface area contributed by atoms with Gasteiger partial charge < -0.3 is 14.4 Å². The van der Waals surface area contributed by atoms with E-state index in [1.807, 2.05) is 28.8 Å². The normalized spacial score (nSPS) is 13.1. The number of aliphatic hydroxyl groups excluding tert-OH is 1. The first-order chi connectivity index (χ1) is 8.31. The number of hydrogen-bond acceptors (Lipinski definition) is 3. The lowest BCUT2D eigenvalue weighted by molar-refractivity contribution is 0.0289. The molecule has 1 unspecified atom stereocenters. The fourth-order valence-corrected chi connectivity index (χ4v) is 1.80. The molecule has 1 aromatic carbocycles. The van der Waals surface area contributed by atoms with Crippen molar-refractivity contribution in [1.82, 2.24) is 9.55 Å². The van der Waals surface area contributed by atoms with Crippen molar-refractivity contribution in [1.29, 1.82) is 0 Å². The van der Waals surface area contributed by atoms with Crippen molar-refractivity contribution >= 4 is 11.0 Å². The summed E-state index contributed by atoms with van der Waals surface area (Å²) in [6.07, 6.45) is 2.24. The Kier molecular flexibility index (Phi) is 4.12. The van der Waals surface area contributed by atoms with E-state index in [1.54, 1.807) is 6.33 Å². The molecule has 0 aliphatic carbocycles. The predicted molar refractivity (Wildman–Crippen MR) is 66.8 cm³/mol. The van der Waals surface area contributed by atoms with Crippen LogP contribution in [0.4, 0.5) is 0 Å². The molecule has 92 valence electrons. The Bertz CT molecular complexity index is 467. The lowest BCUT2D eigenvalue weighted by Gasteiger charge is -2.12. The molecule has 4 nitrogen and oxygen atoms in total. The van der Waals surface area contributed by atoms with Crippen LogP contribution in [0.15, 0.2) is 30.6 Å². The van der Waals surface area contributed by atoms with Crippen LogP contribution in [-0.4, -0.2) is 34.0 Å². The van der Waals surface area contributed by atoms with Gasteiger partial charge in [-0.3, -0.25) is 0 Å². The predicted octanol–water partition coefficient (Wildman–Crippen LogP) is 1.82. The minimum absolute atomic E-state index is 0.375. The summed E-state index contributed by atoms with van der Waals surface area (Å²) in [6, 6.07) is 7.90. The van der Waals surface area contributed by atoms with Crippen LogP contribution < -0.4 is 0 Å². The second kappa shape index (κ2) is 5.80. The van der Waals surface area contributed by atoms with E-state index in [9.17, 15) is 5.11 Å². The van der Waals surface area contributed by atoms with E-state index in [1.165, 1.54) is 0 Å². The Morgan fingerprint density at radius 3 is 3.06 bits per heavy atom. The van der Waals surface area contributed by atoms with Crippen LogP contribution in [0.3, 0.4) is 0 Å². The maximum atomic E-state index is 9.83. The third-order valence-corrected chi connectivity index (χ3v) is 2.59. The van der Waals surface area contributed by atoms with E-state index >= 15 is 0 Å². The van der Waals surface area contributed by atoms with Crippen LogP contribution in [0.25, 0.3) is 11.0 Å². The molecule has 0 spiro atoms. The number of para-hydroxylation sites is 2. The van der Waals surface area contributed by atoms with Crippen LogP contribution in [0.2, 0.25) is 0 Å². The van der Waals surface area contributed by atoms with Gasteiger partial charge in [-0.05, 0) is 18.6 Å². The molecule has 1 atom stereocenters. The summed E-state index contributed by atoms with van der Waals surface area (Å²) in [4.78, 5) is 4.28. The number of imidazole rings is 1. The average molecular weight is 234 g/mol. The smallest absolute Gasteiger partial charge is 0.0959 e. The number of fused-ring (bicyclic) bond motifs is 1. The summed E-state index contributed by atoms with van der Waals surface area (Å²) in [7, 11) is 0. The van der Waals surface area contributed by atoms with Crippen molar-refractivity contribution in [2.24, 2.45) is 0 Å². The van der Waals surface area contributed by atoms with E-state index in [2.05, 4.69) is 11.9 Å². The number of aliphatic hydroxyl groups is 1. The van der Waals surface area contributed by atoms with Crippen LogP contribution in [0.5, 0.6) is 0 Å². The molecule has 4 heteroatoms. The maximum absolute atomic E-state index is 9.83. The average Bonchev–Trinajstić information content (AvgIpc) is 2.73. The molecule has 0 aliphatic rings. The third kappa shape index (κ3) is 3.05. The third-order valence-electron chi connectivity index (χ3n) is 2.59. The Morgan fingerprint density at radius 2 is 2.24 bits per heavy atom. The zero-order chi connectivity index (χ0) is 12.1. The van der Waals surface area contributed by atoms with Gasteiger partial charge in [-0.25, -0.2) is 4.98 Å². The number of ether oxygens (including phenoxy) is 1. The first-order valence-electron chi connectivity index (χ1n) is 5.97. The Hall–Kier alpha value is -1.39. The first kappa shape index (κ1) is 12.1. The van der Waals surface area contributed by atoms with E-state index < -0.39 is 6.10 Å². The zero-order valence-electron chi connectivity index (χ0n) is 10.0. The number of benzene rings is 1. The van der Waals surface area contributed by atoms with Gasteiger partial charge in [-0.15, -0.1) is 0 Å². The van der Waals surface area contributed by atoms with Gasteiger partial charge in [-0.1, -0.05) is 19.1 Å². The zero-order valence-corrected chi connectivity index (χ0v) is 10.0. The second-order valence-electron chi connectivity index (χ2n) is 4.11. The minimum atomic E-state index is -0.487. The highest BCUT2D eigenvalue weighted by molar-refractivity contribution is 5.74. The van der Waals surface area contributed by atoms with E-state index in [4.69, 9.17) is 4.74 Å². The van der Waals surface area contributed by atoms with Crippen LogP contribution in [0.1, 0.15) is 13.3 Å². The second-order valence-corrected chi connectivity index (χ2v) is 4.11. The minimum Gasteiger partial charge on any atom is -0.389 e. The molecule has 17 heavy (non-hydrogen) atoms. The summed E-state index contributed by atoms with van der Waals surface area (Å²) < 4.78 is 7.28. The van der Waals surface area contributed by atoms with Crippen molar-refractivity contribution in [3.05, 3.63) is 30.6 Å². The largest absolute Gasteiger partial charge is 0.389 e. The van der Waals surface area contributed by atoms with Gasteiger partial charge in [-0.2, -0.15) is 0 Å². The van der Waals surface area contributed by atoms with Gasteiger partial charge in [0.25, 0.3) is 0 Å². The summed E-state index contributed by atoms with van der Waals surface area (Å²) in [5.74, 6) is 0. The van der Waals surface area contributed by atoms with Crippen molar-refractivity contribution in [2.75, 3.05) is 13.2 Å². The van der Waals surface area contributed by atoms with Gasteiger partial charge in [0, 0.05) is 6.61 Å². The Morgan fingerprint density at radius 1 is 1.41 bits per heavy atom. The number of rotatable bonds is 6. The lowest BCUT2D eigenvalue weighted by atomic mass is 10.3. The highest BCUT2D eigenvalue weighted by atomic mass is 16.5. The Balaban J connectivity index is 1.98. The molecule has 0 saturated heterocycles. The summed E-state index contributed by atoms with van der Waals surface area (Å²) in [5.41, 5.74) is 2.00. The fourth-order valence-electron chi connectivity index (χ4n) is 1.80. The van der Waals surface area contributed by atoms with Gasteiger partial charge in [0.2, 0.25) is 0 Å². The topological polar surface area (TPSA) is 47.3 Å². The molecule has 0 bridgehead atoms. The summed E-state index contributed by atoms with van der Waals surface area (Å²) in [6.45, 7) is 3.64. The number of nitrogens with zero attached hydrogens (tertiary/aromatic N) is 2. The number of hydrogen-bond donors (Lipinski definition) is 1. The van der Waals surface area contributed by atoms with E-state index in [0.717, 1.165) is 17.5 Å². The van der Waals surface area contributed by atoms with Gasteiger partial charge in [0.1, 0.15) is 0 Å². The standard InChI is InChI=1S/C13H18N2O2/c1-2-7-17-9-11(16)8-15-10-14-12-5-3-4-6-13(12)15/h3-6,10-11,16H,2,7-9H2,1H3. The molecule has 1 N–H and O–H groups in total. The Labute approximate surface area is 101 Å². The molecule has 0 amide bonds. The molecule has 0 radical (unpaired) electrons. The van der Waals surface area contributed by atoms with Gasteiger partial charge in [0.15, 0.2) is 0 Å². The highest BCUT2D eigenvalue weighted by Crippen LogP contribution is 2.12. The molecule has 2 aromatic rings. The van der Waals surface area contributed by atoms with E-state index in [0.29, 0.717) is 19.8 Å². The lowest BCUT2D eigenvalue weighted by Crippen LogP contribution is -2.21. The van der Waals surface area contributed by atoms with Crippen LogP contribution in [-0.2, 0) is 11.3 Å². The molecule has 0 saturated carbocycles. The molecular formula is C13H18N2O2. The maximum Gasteiger partial charge on any atom is 0.0959 e. The fraction of sp³-hybridized carbons (Fsp3) is 0.462. The molecule has 1 aromatic heterocycles. The van der Waals surface area contributed by atoms with E-state index in [-0.39, 0.29) is 0 Å². The molecule has 0 fully saturated rings. The summed E-state index contributed by atoms with van der Waals surface area (Å²) >= 11 is 0. The van der Waals surface area contributed by atoms with Crippen molar-refractivity contribution in [2.45, 2.75) is 26.0 Å². The van der Waals surface area contributed by atoms with Crippen LogP contribution >= 0.6 is 0 Å². The monoisotopic (exact) mass is 234 g/mol. The SMILES string of the molecule is CCCOCC(O)Cn1cnc2ccccc21. The van der Waals surface area contributed by atoms with Crippen molar-refractivity contribution < 1.29 is 9.84 Å².